The van der Waals surface area contributed by atoms with Gasteiger partial charge in [-0.2, -0.15) is 0 Å². The zero-order chi connectivity index (χ0) is 15.9. The van der Waals surface area contributed by atoms with E-state index in [4.69, 9.17) is 11.6 Å². The quantitative estimate of drug-likeness (QED) is 0.788. The summed E-state index contributed by atoms with van der Waals surface area (Å²) in [6.45, 7) is 2.74. The van der Waals surface area contributed by atoms with Gasteiger partial charge < -0.3 is 4.90 Å². The van der Waals surface area contributed by atoms with Gasteiger partial charge in [-0.3, -0.25) is 9.59 Å². The van der Waals surface area contributed by atoms with Crippen LogP contribution in [0.25, 0.3) is 0 Å². The van der Waals surface area contributed by atoms with E-state index >= 15 is 0 Å². The van der Waals surface area contributed by atoms with E-state index in [1.54, 1.807) is 0 Å². The number of fused-ring (bicyclic) bond motifs is 1. The summed E-state index contributed by atoms with van der Waals surface area (Å²) < 4.78 is 37.5. The lowest BCUT2D eigenvalue weighted by molar-refractivity contribution is -0.114. The van der Waals surface area contributed by atoms with Crippen LogP contribution >= 0.6 is 11.6 Å². The number of anilines is 1. The molecule has 1 aromatic rings. The number of hydrogen-bond acceptors (Lipinski definition) is 4. The Hall–Kier alpha value is -1.47. The standard InChI is InChI=1S/C13H13ClFNO4S/c1-7(2)21(19,20)6-5-16-11-9(15)4-3-8(14)10(11)12(17)13(16)18/h3-4,7H,5-6H2,1-2H3. The molecule has 0 bridgehead atoms. The van der Waals surface area contributed by atoms with E-state index in [-0.39, 0.29) is 28.6 Å². The molecular weight excluding hydrogens is 321 g/mol. The van der Waals surface area contributed by atoms with Crippen molar-refractivity contribution in [2.75, 3.05) is 17.2 Å². The molecule has 0 fully saturated rings. The number of rotatable bonds is 4. The molecule has 21 heavy (non-hydrogen) atoms. The summed E-state index contributed by atoms with van der Waals surface area (Å²) in [7, 11) is -3.41. The zero-order valence-electron chi connectivity index (χ0n) is 11.4. The molecule has 5 nitrogen and oxygen atoms in total. The lowest BCUT2D eigenvalue weighted by Gasteiger charge is -2.18. The monoisotopic (exact) mass is 333 g/mol. The molecule has 1 amide bonds. The van der Waals surface area contributed by atoms with Gasteiger partial charge in [0.25, 0.3) is 11.7 Å². The van der Waals surface area contributed by atoms with Crippen LogP contribution in [0.15, 0.2) is 12.1 Å². The topological polar surface area (TPSA) is 71.5 Å². The Bertz CT molecular complexity index is 730. The Balaban J connectivity index is 2.39. The van der Waals surface area contributed by atoms with E-state index in [1.165, 1.54) is 19.9 Å². The Morgan fingerprint density at radius 1 is 1.29 bits per heavy atom. The van der Waals surface area contributed by atoms with E-state index < -0.39 is 32.6 Å². The fourth-order valence-electron chi connectivity index (χ4n) is 2.02. The van der Waals surface area contributed by atoms with Crippen molar-refractivity contribution in [3.05, 3.63) is 28.5 Å². The average molecular weight is 334 g/mol. The van der Waals surface area contributed by atoms with Crippen LogP contribution in [-0.4, -0.2) is 37.7 Å². The smallest absolute Gasteiger partial charge is 0.299 e. The first-order valence-corrected chi connectivity index (χ1v) is 8.32. The van der Waals surface area contributed by atoms with Gasteiger partial charge in [-0.15, -0.1) is 0 Å². The zero-order valence-corrected chi connectivity index (χ0v) is 13.0. The van der Waals surface area contributed by atoms with Crippen molar-refractivity contribution in [3.63, 3.8) is 0 Å². The van der Waals surface area contributed by atoms with Gasteiger partial charge >= 0.3 is 0 Å². The minimum absolute atomic E-state index is 0.0287. The van der Waals surface area contributed by atoms with Crippen LogP contribution in [-0.2, 0) is 14.6 Å². The Morgan fingerprint density at radius 3 is 2.48 bits per heavy atom. The molecule has 0 aromatic heterocycles. The molecule has 2 rings (SSSR count). The summed E-state index contributed by atoms with van der Waals surface area (Å²) in [6, 6.07) is 2.23. The number of sulfone groups is 1. The highest BCUT2D eigenvalue weighted by Gasteiger charge is 2.40. The van der Waals surface area contributed by atoms with Gasteiger partial charge in [0.15, 0.2) is 9.84 Å². The fraction of sp³-hybridized carbons (Fsp3) is 0.385. The maximum absolute atomic E-state index is 13.9. The summed E-state index contributed by atoms with van der Waals surface area (Å²) in [4.78, 5) is 24.6. The number of halogens is 2. The number of Topliss-reactive ketones (excluding diaryl/α,β-unsaturated/α-hetero) is 1. The van der Waals surface area contributed by atoms with Gasteiger partial charge in [-0.05, 0) is 26.0 Å². The van der Waals surface area contributed by atoms with Crippen molar-refractivity contribution in [2.45, 2.75) is 19.1 Å². The van der Waals surface area contributed by atoms with Gasteiger partial charge in [0.2, 0.25) is 0 Å². The average Bonchev–Trinajstić information content (AvgIpc) is 2.66. The van der Waals surface area contributed by atoms with Crippen LogP contribution < -0.4 is 4.90 Å². The molecule has 0 N–H and O–H groups in total. The van der Waals surface area contributed by atoms with Crippen molar-refractivity contribution >= 4 is 38.8 Å². The largest absolute Gasteiger partial charge is 0.301 e. The summed E-state index contributed by atoms with van der Waals surface area (Å²) in [6.07, 6.45) is 0. The second-order valence-electron chi connectivity index (χ2n) is 4.95. The normalized spacial score (nSPS) is 15.0. The number of carbonyl (C=O) groups excluding carboxylic acids is 2. The molecular formula is C13H13ClFNO4S. The first-order valence-electron chi connectivity index (χ1n) is 6.22. The van der Waals surface area contributed by atoms with E-state index in [9.17, 15) is 22.4 Å². The molecule has 8 heteroatoms. The first-order chi connectivity index (χ1) is 9.66. The number of ketones is 1. The van der Waals surface area contributed by atoms with Gasteiger partial charge in [0, 0.05) is 6.54 Å². The third-order valence-electron chi connectivity index (χ3n) is 3.33. The summed E-state index contributed by atoms with van der Waals surface area (Å²) in [5.74, 6) is -3.02. The van der Waals surface area contributed by atoms with Crippen molar-refractivity contribution in [2.24, 2.45) is 0 Å². The van der Waals surface area contributed by atoms with Crippen molar-refractivity contribution in [3.8, 4) is 0 Å². The van der Waals surface area contributed by atoms with E-state index in [0.29, 0.717) is 0 Å². The summed E-state index contributed by atoms with van der Waals surface area (Å²) >= 11 is 5.82. The van der Waals surface area contributed by atoms with Crippen LogP contribution in [0.5, 0.6) is 0 Å². The van der Waals surface area contributed by atoms with Crippen molar-refractivity contribution < 1.29 is 22.4 Å². The Morgan fingerprint density at radius 2 is 1.90 bits per heavy atom. The van der Waals surface area contributed by atoms with E-state index in [1.807, 2.05) is 0 Å². The van der Waals surface area contributed by atoms with Crippen molar-refractivity contribution in [1.29, 1.82) is 0 Å². The van der Waals surface area contributed by atoms with Crippen LogP contribution in [0.3, 0.4) is 0 Å². The third-order valence-corrected chi connectivity index (χ3v) is 5.83. The molecule has 0 radical (unpaired) electrons. The fourth-order valence-corrected chi connectivity index (χ4v) is 3.17. The minimum Gasteiger partial charge on any atom is -0.301 e. The SMILES string of the molecule is CC(C)S(=O)(=O)CCN1C(=O)C(=O)c2c(Cl)ccc(F)c21. The third kappa shape index (κ3) is 2.67. The summed E-state index contributed by atoms with van der Waals surface area (Å²) in [5.41, 5.74) is -0.444. The Labute approximate surface area is 126 Å². The van der Waals surface area contributed by atoms with Crippen LogP contribution in [0.1, 0.15) is 24.2 Å². The van der Waals surface area contributed by atoms with Crippen molar-refractivity contribution in [1.82, 2.24) is 0 Å². The predicted molar refractivity (Wildman–Crippen MR) is 77.0 cm³/mol. The number of nitrogens with zero attached hydrogens (tertiary/aromatic N) is 1. The second kappa shape index (κ2) is 5.38. The molecule has 0 unspecified atom stereocenters. The molecule has 1 aliphatic rings. The molecule has 0 saturated carbocycles. The van der Waals surface area contributed by atoms with E-state index in [2.05, 4.69) is 0 Å². The lowest BCUT2D eigenvalue weighted by Crippen LogP contribution is -2.36. The molecule has 0 spiro atoms. The molecule has 1 aliphatic heterocycles. The highest BCUT2D eigenvalue weighted by molar-refractivity contribution is 7.92. The number of hydrogen-bond donors (Lipinski definition) is 0. The number of carbonyl (C=O) groups is 2. The maximum Gasteiger partial charge on any atom is 0.299 e. The van der Waals surface area contributed by atoms with Crippen LogP contribution in [0.2, 0.25) is 5.02 Å². The van der Waals surface area contributed by atoms with Gasteiger partial charge in [0.05, 0.1) is 27.3 Å². The predicted octanol–water partition coefficient (Wildman–Crippen LogP) is 1.83. The van der Waals surface area contributed by atoms with Crippen LogP contribution in [0, 0.1) is 5.82 Å². The van der Waals surface area contributed by atoms with E-state index in [0.717, 1.165) is 11.0 Å². The minimum atomic E-state index is -3.41. The second-order valence-corrected chi connectivity index (χ2v) is 8.04. The molecule has 0 saturated heterocycles. The highest BCUT2D eigenvalue weighted by Crippen LogP contribution is 2.36. The van der Waals surface area contributed by atoms with Crippen LogP contribution in [0.4, 0.5) is 10.1 Å². The maximum atomic E-state index is 13.9. The molecule has 0 atom stereocenters. The van der Waals surface area contributed by atoms with Gasteiger partial charge in [0.1, 0.15) is 5.82 Å². The number of amides is 1. The Kier molecular flexibility index (Phi) is 4.08. The summed E-state index contributed by atoms with van der Waals surface area (Å²) in [5, 5.41) is -0.645. The first kappa shape index (κ1) is 15.9. The molecule has 1 aromatic carbocycles. The molecule has 0 aliphatic carbocycles. The number of benzene rings is 1. The molecule has 1 heterocycles. The molecule has 114 valence electrons. The highest BCUT2D eigenvalue weighted by atomic mass is 35.5. The van der Waals surface area contributed by atoms with Gasteiger partial charge in [-0.25, -0.2) is 12.8 Å². The van der Waals surface area contributed by atoms with Gasteiger partial charge in [-0.1, -0.05) is 11.6 Å². The lowest BCUT2D eigenvalue weighted by atomic mass is 10.1.